The maximum atomic E-state index is 11.8. The number of likely N-dealkylation sites (tertiary alicyclic amines) is 1. The van der Waals surface area contributed by atoms with Gasteiger partial charge in [0.2, 0.25) is 0 Å². The molecule has 0 bridgehead atoms. The highest BCUT2D eigenvalue weighted by Gasteiger charge is 2.52. The molecule has 0 radical (unpaired) electrons. The van der Waals surface area contributed by atoms with E-state index in [1.54, 1.807) is 4.90 Å². The second-order valence-corrected chi connectivity index (χ2v) is 6.40. The molecule has 0 aromatic rings. The normalized spacial score (nSPS) is 25.2. The molecule has 19 heavy (non-hydrogen) atoms. The van der Waals surface area contributed by atoms with Crippen LogP contribution in [0.2, 0.25) is 0 Å². The van der Waals surface area contributed by atoms with Crippen LogP contribution in [0.1, 0.15) is 40.0 Å². The fraction of sp³-hybridized carbons (Fsp3) is 0.846. The highest BCUT2D eigenvalue weighted by atomic mass is 16.6. The van der Waals surface area contributed by atoms with Gasteiger partial charge in [0.25, 0.3) is 0 Å². The molecule has 1 spiro atoms. The SMILES string of the molecule is CC(C)(C)OC(=O)N1CC2(CCC(CC(=O)O)O2)C1. The lowest BCUT2D eigenvalue weighted by Gasteiger charge is -2.47. The van der Waals surface area contributed by atoms with Crippen molar-refractivity contribution in [1.82, 2.24) is 4.90 Å². The number of aliphatic carboxylic acids is 1. The van der Waals surface area contributed by atoms with Crippen LogP contribution in [0.25, 0.3) is 0 Å². The molecule has 2 saturated heterocycles. The van der Waals surface area contributed by atoms with Gasteiger partial charge in [-0.15, -0.1) is 0 Å². The van der Waals surface area contributed by atoms with Crippen molar-refractivity contribution in [3.63, 3.8) is 0 Å². The summed E-state index contributed by atoms with van der Waals surface area (Å²) in [4.78, 5) is 24.0. The molecular formula is C13H21NO5. The van der Waals surface area contributed by atoms with Gasteiger partial charge in [-0.3, -0.25) is 4.79 Å². The third-order valence-electron chi connectivity index (χ3n) is 3.35. The zero-order valence-corrected chi connectivity index (χ0v) is 11.6. The molecule has 0 aromatic carbocycles. The average Bonchev–Trinajstić information content (AvgIpc) is 2.55. The number of ether oxygens (including phenoxy) is 2. The van der Waals surface area contributed by atoms with Crippen molar-refractivity contribution in [1.29, 1.82) is 0 Å². The quantitative estimate of drug-likeness (QED) is 0.826. The van der Waals surface area contributed by atoms with E-state index in [1.165, 1.54) is 0 Å². The van der Waals surface area contributed by atoms with E-state index in [-0.39, 0.29) is 24.2 Å². The summed E-state index contributed by atoms with van der Waals surface area (Å²) in [6, 6.07) is 0. The van der Waals surface area contributed by atoms with Crippen LogP contribution in [0.5, 0.6) is 0 Å². The van der Waals surface area contributed by atoms with Crippen LogP contribution < -0.4 is 0 Å². The molecule has 0 saturated carbocycles. The van der Waals surface area contributed by atoms with Gasteiger partial charge >= 0.3 is 12.1 Å². The second kappa shape index (κ2) is 4.67. The van der Waals surface area contributed by atoms with E-state index < -0.39 is 11.6 Å². The minimum absolute atomic E-state index is 0.0359. The van der Waals surface area contributed by atoms with Crippen LogP contribution in [0.4, 0.5) is 4.79 Å². The van der Waals surface area contributed by atoms with E-state index in [4.69, 9.17) is 14.6 Å². The minimum atomic E-state index is -0.842. The lowest BCUT2D eigenvalue weighted by molar-refractivity contribution is -0.150. The number of carboxylic acids is 1. The monoisotopic (exact) mass is 271 g/mol. The molecule has 2 aliphatic heterocycles. The highest BCUT2D eigenvalue weighted by molar-refractivity contribution is 5.70. The molecule has 1 unspecified atom stereocenters. The van der Waals surface area contributed by atoms with Crippen LogP contribution in [0.3, 0.4) is 0 Å². The molecule has 2 rings (SSSR count). The van der Waals surface area contributed by atoms with Crippen LogP contribution >= 0.6 is 0 Å². The molecule has 2 heterocycles. The maximum Gasteiger partial charge on any atom is 0.410 e. The van der Waals surface area contributed by atoms with Crippen LogP contribution in [0, 0.1) is 0 Å². The zero-order valence-electron chi connectivity index (χ0n) is 11.6. The van der Waals surface area contributed by atoms with Gasteiger partial charge in [-0.25, -0.2) is 4.79 Å². The molecule has 6 nitrogen and oxygen atoms in total. The average molecular weight is 271 g/mol. The predicted octanol–water partition coefficient (Wildman–Crippen LogP) is 1.63. The number of hydrogen-bond acceptors (Lipinski definition) is 4. The van der Waals surface area contributed by atoms with Gasteiger partial charge in [0, 0.05) is 0 Å². The van der Waals surface area contributed by atoms with Crippen molar-refractivity contribution >= 4 is 12.1 Å². The lowest BCUT2D eigenvalue weighted by Crippen LogP contribution is -2.64. The molecule has 0 aliphatic carbocycles. The zero-order chi connectivity index (χ0) is 14.3. The first-order chi connectivity index (χ1) is 8.69. The van der Waals surface area contributed by atoms with Gasteiger partial charge in [-0.05, 0) is 33.6 Å². The van der Waals surface area contributed by atoms with Gasteiger partial charge in [-0.1, -0.05) is 0 Å². The predicted molar refractivity (Wildman–Crippen MR) is 66.9 cm³/mol. The Kier molecular flexibility index (Phi) is 3.47. The Balaban J connectivity index is 1.80. The van der Waals surface area contributed by atoms with Gasteiger partial charge < -0.3 is 19.5 Å². The van der Waals surface area contributed by atoms with Crippen LogP contribution in [-0.2, 0) is 14.3 Å². The molecular weight excluding hydrogens is 250 g/mol. The summed E-state index contributed by atoms with van der Waals surface area (Å²) in [6.45, 7) is 6.48. The van der Waals surface area contributed by atoms with Gasteiger partial charge in [0.1, 0.15) is 11.2 Å². The Morgan fingerprint density at radius 1 is 1.42 bits per heavy atom. The number of carbonyl (C=O) groups excluding carboxylic acids is 1. The summed E-state index contributed by atoms with van der Waals surface area (Å²) in [5.74, 6) is -0.842. The standard InChI is InChI=1S/C13H21NO5/c1-12(2,3)19-11(17)14-7-13(8-14)5-4-9(18-13)6-10(15)16/h9H,4-8H2,1-3H3,(H,15,16). The summed E-state index contributed by atoms with van der Waals surface area (Å²) >= 11 is 0. The van der Waals surface area contributed by atoms with E-state index in [9.17, 15) is 9.59 Å². The van der Waals surface area contributed by atoms with Gasteiger partial charge in [-0.2, -0.15) is 0 Å². The molecule has 2 fully saturated rings. The Hall–Kier alpha value is -1.30. The number of amides is 1. The number of nitrogens with zero attached hydrogens (tertiary/aromatic N) is 1. The number of carboxylic acid groups (broad SMARTS) is 1. The fourth-order valence-electron chi connectivity index (χ4n) is 2.57. The first-order valence-electron chi connectivity index (χ1n) is 6.57. The summed E-state index contributed by atoms with van der Waals surface area (Å²) < 4.78 is 11.0. The van der Waals surface area contributed by atoms with Gasteiger partial charge in [0.15, 0.2) is 0 Å². The smallest absolute Gasteiger partial charge is 0.410 e. The van der Waals surface area contributed by atoms with Crippen molar-refractivity contribution in [3.8, 4) is 0 Å². The molecule has 0 aromatic heterocycles. The van der Waals surface area contributed by atoms with Crippen molar-refractivity contribution in [3.05, 3.63) is 0 Å². The third-order valence-corrected chi connectivity index (χ3v) is 3.35. The molecule has 1 atom stereocenters. The number of hydrogen-bond donors (Lipinski definition) is 1. The van der Waals surface area contributed by atoms with Crippen molar-refractivity contribution in [2.75, 3.05) is 13.1 Å². The van der Waals surface area contributed by atoms with E-state index in [0.29, 0.717) is 13.1 Å². The maximum absolute atomic E-state index is 11.8. The molecule has 108 valence electrons. The molecule has 1 amide bonds. The Bertz CT molecular complexity index is 381. The summed E-state index contributed by atoms with van der Waals surface area (Å²) in [5.41, 5.74) is -0.834. The van der Waals surface area contributed by atoms with Crippen LogP contribution in [-0.4, -0.2) is 52.5 Å². The third kappa shape index (κ3) is 3.37. The Morgan fingerprint density at radius 2 is 2.05 bits per heavy atom. The molecule has 2 aliphatic rings. The second-order valence-electron chi connectivity index (χ2n) is 6.40. The van der Waals surface area contributed by atoms with E-state index >= 15 is 0 Å². The topological polar surface area (TPSA) is 76.1 Å². The van der Waals surface area contributed by atoms with E-state index in [0.717, 1.165) is 12.8 Å². The van der Waals surface area contributed by atoms with E-state index in [2.05, 4.69) is 0 Å². The fourth-order valence-corrected chi connectivity index (χ4v) is 2.57. The molecule has 1 N–H and O–H groups in total. The summed E-state index contributed by atoms with van der Waals surface area (Å²) in [6.07, 6.45) is 1.04. The first kappa shape index (κ1) is 14.1. The largest absolute Gasteiger partial charge is 0.481 e. The Labute approximate surface area is 112 Å². The number of carbonyl (C=O) groups is 2. The minimum Gasteiger partial charge on any atom is -0.481 e. The summed E-state index contributed by atoms with van der Waals surface area (Å²) in [5, 5.41) is 8.74. The number of rotatable bonds is 2. The first-order valence-corrected chi connectivity index (χ1v) is 6.57. The summed E-state index contributed by atoms with van der Waals surface area (Å²) in [7, 11) is 0. The highest BCUT2D eigenvalue weighted by Crippen LogP contribution is 2.39. The van der Waals surface area contributed by atoms with E-state index in [1.807, 2.05) is 20.8 Å². The van der Waals surface area contributed by atoms with Crippen molar-refractivity contribution in [2.45, 2.75) is 57.3 Å². The molecule has 6 heteroatoms. The lowest BCUT2D eigenvalue weighted by atomic mass is 9.91. The van der Waals surface area contributed by atoms with Gasteiger partial charge in [0.05, 0.1) is 25.6 Å². The van der Waals surface area contributed by atoms with Crippen LogP contribution in [0.15, 0.2) is 0 Å². The van der Waals surface area contributed by atoms with Crippen molar-refractivity contribution < 1.29 is 24.2 Å². The Morgan fingerprint density at radius 3 is 2.58 bits per heavy atom. The van der Waals surface area contributed by atoms with Crippen molar-refractivity contribution in [2.24, 2.45) is 0 Å².